The third-order valence-corrected chi connectivity index (χ3v) is 10.5. The quantitative estimate of drug-likeness (QED) is 0.563. The molecule has 34 heavy (non-hydrogen) atoms. The van der Waals surface area contributed by atoms with Crippen molar-refractivity contribution in [3.8, 4) is 6.07 Å². The highest BCUT2D eigenvalue weighted by molar-refractivity contribution is 7.93. The zero-order chi connectivity index (χ0) is 23.5. The van der Waals surface area contributed by atoms with E-state index in [1.165, 1.54) is 0 Å². The van der Waals surface area contributed by atoms with Gasteiger partial charge in [-0.25, -0.2) is 8.42 Å². The number of nitrogens with zero attached hydrogens (tertiary/aromatic N) is 3. The van der Waals surface area contributed by atoms with Crippen molar-refractivity contribution in [1.82, 2.24) is 14.8 Å². The molecular formula is C25H27N5O3S. The molecule has 2 fully saturated rings. The molecule has 1 atom stereocenters. The molecule has 1 spiro atoms. The first kappa shape index (κ1) is 21.4. The Hall–Kier alpha value is -3.12. The summed E-state index contributed by atoms with van der Waals surface area (Å²) < 4.78 is 27.9. The van der Waals surface area contributed by atoms with Crippen molar-refractivity contribution >= 4 is 32.2 Å². The number of fused-ring (bicyclic) bond motifs is 2. The first-order chi connectivity index (χ1) is 16.4. The Balaban J connectivity index is 1.39. The molecule has 9 heteroatoms. The van der Waals surface area contributed by atoms with Crippen molar-refractivity contribution in [3.63, 3.8) is 0 Å². The molecule has 0 radical (unpaired) electrons. The number of nitriles is 1. The maximum absolute atomic E-state index is 13.4. The average Bonchev–Trinajstić information content (AvgIpc) is 3.56. The lowest BCUT2D eigenvalue weighted by atomic mass is 9.84. The van der Waals surface area contributed by atoms with Crippen LogP contribution in [0.3, 0.4) is 0 Å². The van der Waals surface area contributed by atoms with Crippen LogP contribution in [0.4, 0.5) is 11.5 Å². The number of nitrogens with one attached hydrogen (secondary N) is 2. The summed E-state index contributed by atoms with van der Waals surface area (Å²) in [5.41, 5.74) is 2.00. The van der Waals surface area contributed by atoms with Gasteiger partial charge in [0.25, 0.3) is 5.56 Å². The van der Waals surface area contributed by atoms with E-state index in [4.69, 9.17) is 5.10 Å². The second-order valence-corrected chi connectivity index (χ2v) is 12.3. The minimum Gasteiger partial charge on any atom is -0.338 e. The fourth-order valence-corrected chi connectivity index (χ4v) is 8.34. The Labute approximate surface area is 197 Å². The van der Waals surface area contributed by atoms with Crippen LogP contribution in [0.15, 0.2) is 40.2 Å². The Morgan fingerprint density at radius 2 is 2.03 bits per heavy atom. The normalized spacial score (nSPS) is 21.3. The average molecular weight is 478 g/mol. The lowest BCUT2D eigenvalue weighted by Crippen LogP contribution is -2.38. The molecule has 2 saturated carbocycles. The summed E-state index contributed by atoms with van der Waals surface area (Å²) in [6.07, 6.45) is 9.04. The van der Waals surface area contributed by atoms with Gasteiger partial charge in [-0.05, 0) is 67.9 Å². The third-order valence-electron chi connectivity index (χ3n) is 7.87. The van der Waals surface area contributed by atoms with E-state index in [0.29, 0.717) is 46.1 Å². The van der Waals surface area contributed by atoms with Crippen molar-refractivity contribution in [3.05, 3.63) is 46.4 Å². The Kier molecular flexibility index (Phi) is 4.85. The van der Waals surface area contributed by atoms with Crippen molar-refractivity contribution in [2.45, 2.75) is 73.5 Å². The van der Waals surface area contributed by atoms with Gasteiger partial charge >= 0.3 is 0 Å². The number of rotatable bonds is 5. The summed E-state index contributed by atoms with van der Waals surface area (Å²) in [6, 6.07) is 9.37. The molecule has 6 rings (SSSR count). The summed E-state index contributed by atoms with van der Waals surface area (Å²) in [7, 11) is -3.35. The summed E-state index contributed by atoms with van der Waals surface area (Å²) >= 11 is 0. The number of pyridine rings is 1. The lowest BCUT2D eigenvalue weighted by molar-refractivity contribution is 0.379. The summed E-state index contributed by atoms with van der Waals surface area (Å²) in [4.78, 5) is 15.9. The fraction of sp³-hybridized carbons (Fsp3) is 0.480. The highest BCUT2D eigenvalue weighted by Gasteiger charge is 2.51. The van der Waals surface area contributed by atoms with Gasteiger partial charge in [0.15, 0.2) is 15.7 Å². The third kappa shape index (κ3) is 3.19. The highest BCUT2D eigenvalue weighted by atomic mass is 32.2. The molecule has 3 aromatic rings. The molecule has 2 aromatic heterocycles. The molecule has 0 saturated heterocycles. The molecular weight excluding hydrogens is 450 g/mol. The van der Waals surface area contributed by atoms with Gasteiger partial charge in [0, 0.05) is 11.9 Å². The molecule has 0 bridgehead atoms. The first-order valence-electron chi connectivity index (χ1n) is 12.0. The molecule has 8 nitrogen and oxygen atoms in total. The smallest absolute Gasteiger partial charge is 0.261 e. The van der Waals surface area contributed by atoms with Crippen LogP contribution in [0.1, 0.15) is 63.0 Å². The molecule has 2 aliphatic carbocycles. The second-order valence-electron chi connectivity index (χ2n) is 10.00. The van der Waals surface area contributed by atoms with Crippen LogP contribution in [-0.2, 0) is 16.3 Å². The Morgan fingerprint density at radius 3 is 2.76 bits per heavy atom. The van der Waals surface area contributed by atoms with E-state index in [-0.39, 0.29) is 11.6 Å². The van der Waals surface area contributed by atoms with Gasteiger partial charge in [0.05, 0.1) is 33.7 Å². The SMILES string of the molecule is N#CCC(C1CC1)n1nc(Nc2ccc3c(c2)CC2(CCCCC2)S3(=O)=O)c2c(=O)[nH]ccc21. The molecule has 176 valence electrons. The molecule has 3 heterocycles. The number of aromatic nitrogens is 3. The second kappa shape index (κ2) is 7.70. The van der Waals surface area contributed by atoms with Crippen LogP contribution < -0.4 is 10.9 Å². The highest BCUT2D eigenvalue weighted by Crippen LogP contribution is 2.48. The van der Waals surface area contributed by atoms with Gasteiger partial charge in [0.2, 0.25) is 0 Å². The number of aromatic amines is 1. The Morgan fingerprint density at radius 1 is 1.24 bits per heavy atom. The van der Waals surface area contributed by atoms with Crippen molar-refractivity contribution in [2.75, 3.05) is 5.32 Å². The monoisotopic (exact) mass is 477 g/mol. The van der Waals surface area contributed by atoms with Gasteiger partial charge < -0.3 is 10.3 Å². The van der Waals surface area contributed by atoms with Gasteiger partial charge in [0.1, 0.15) is 5.39 Å². The van der Waals surface area contributed by atoms with Crippen molar-refractivity contribution in [2.24, 2.45) is 5.92 Å². The van der Waals surface area contributed by atoms with Gasteiger partial charge in [-0.1, -0.05) is 19.3 Å². The van der Waals surface area contributed by atoms with Gasteiger partial charge in [-0.15, -0.1) is 0 Å². The minimum absolute atomic E-state index is 0.0684. The first-order valence-corrected chi connectivity index (χ1v) is 13.5. The summed E-state index contributed by atoms with van der Waals surface area (Å²) in [5, 5.41) is 17.8. The van der Waals surface area contributed by atoms with E-state index in [1.54, 1.807) is 18.3 Å². The Bertz CT molecular complexity index is 1490. The van der Waals surface area contributed by atoms with E-state index in [9.17, 15) is 18.5 Å². The summed E-state index contributed by atoms with van der Waals surface area (Å²) in [5.74, 6) is 0.820. The van der Waals surface area contributed by atoms with Crippen LogP contribution in [0.2, 0.25) is 0 Å². The molecule has 1 aromatic carbocycles. The minimum atomic E-state index is -3.35. The zero-order valence-corrected chi connectivity index (χ0v) is 19.7. The van der Waals surface area contributed by atoms with Crippen LogP contribution in [0, 0.1) is 17.2 Å². The number of hydrogen-bond donors (Lipinski definition) is 2. The number of benzene rings is 1. The standard InChI is InChI=1S/C25H27N5O3S/c26-12-8-19(16-4-5-16)30-20-9-13-27-24(31)22(20)23(29-30)28-18-6-7-21-17(14-18)15-25(34(21,32)33)10-2-1-3-11-25/h6-7,9,13-14,16,19H,1-5,8,10-11,15H2,(H,27,31)(H,28,29). The van der Waals surface area contributed by atoms with Crippen LogP contribution in [-0.4, -0.2) is 27.9 Å². The number of sulfone groups is 1. The maximum atomic E-state index is 13.4. The van der Waals surface area contributed by atoms with Crippen molar-refractivity contribution < 1.29 is 8.42 Å². The largest absolute Gasteiger partial charge is 0.338 e. The van der Waals surface area contributed by atoms with E-state index in [1.807, 2.05) is 16.8 Å². The van der Waals surface area contributed by atoms with E-state index in [2.05, 4.69) is 16.4 Å². The topological polar surface area (TPSA) is 121 Å². The van der Waals surface area contributed by atoms with Crippen molar-refractivity contribution in [1.29, 1.82) is 5.26 Å². The summed E-state index contributed by atoms with van der Waals surface area (Å²) in [6.45, 7) is 0. The molecule has 2 N–H and O–H groups in total. The molecule has 3 aliphatic rings. The number of anilines is 2. The van der Waals surface area contributed by atoms with Crippen LogP contribution in [0.25, 0.3) is 10.9 Å². The lowest BCUT2D eigenvalue weighted by Gasteiger charge is -2.31. The van der Waals surface area contributed by atoms with Crippen LogP contribution in [0.5, 0.6) is 0 Å². The number of hydrogen-bond acceptors (Lipinski definition) is 6. The zero-order valence-electron chi connectivity index (χ0n) is 18.9. The fourth-order valence-electron chi connectivity index (χ4n) is 5.98. The molecule has 1 aliphatic heterocycles. The van der Waals surface area contributed by atoms with Gasteiger partial charge in [-0.3, -0.25) is 9.48 Å². The van der Waals surface area contributed by atoms with E-state index < -0.39 is 14.6 Å². The predicted molar refractivity (Wildman–Crippen MR) is 129 cm³/mol. The van der Waals surface area contributed by atoms with Gasteiger partial charge in [-0.2, -0.15) is 10.4 Å². The van der Waals surface area contributed by atoms with Crippen LogP contribution >= 0.6 is 0 Å². The molecule has 1 unspecified atom stereocenters. The molecule has 0 amide bonds. The number of H-pyrrole nitrogens is 1. The maximum Gasteiger partial charge on any atom is 0.261 e. The predicted octanol–water partition coefficient (Wildman–Crippen LogP) is 4.37. The van der Waals surface area contributed by atoms with E-state index >= 15 is 0 Å². The van der Waals surface area contributed by atoms with E-state index in [0.717, 1.165) is 50.5 Å².